The number of fused-ring (bicyclic) bond motifs is 3. The normalized spacial score (nSPS) is 14.1. The van der Waals surface area contributed by atoms with E-state index in [1.165, 1.54) is 0 Å². The quantitative estimate of drug-likeness (QED) is 0.450. The number of benzene rings is 2. The maximum absolute atomic E-state index is 13.1. The largest absolute Gasteiger partial charge is 0.481 e. The number of amides is 2. The number of carboxylic acid groups (broad SMARTS) is 1. The minimum absolute atomic E-state index is 0.0274. The first kappa shape index (κ1) is 25.1. The maximum atomic E-state index is 13.1. The molecule has 0 spiro atoms. The van der Waals surface area contributed by atoms with Gasteiger partial charge in [0.2, 0.25) is 12.3 Å². The van der Waals surface area contributed by atoms with Crippen LogP contribution in [0.25, 0.3) is 11.1 Å². The predicted octanol–water partition coefficient (Wildman–Crippen LogP) is 4.31. The summed E-state index contributed by atoms with van der Waals surface area (Å²) < 4.78 is 31.5. The molecule has 2 amide bonds. The van der Waals surface area contributed by atoms with Crippen molar-refractivity contribution in [2.45, 2.75) is 57.0 Å². The molecule has 0 saturated carbocycles. The van der Waals surface area contributed by atoms with Gasteiger partial charge in [0.25, 0.3) is 0 Å². The van der Waals surface area contributed by atoms with Gasteiger partial charge in [-0.2, -0.15) is 0 Å². The molecule has 0 bridgehead atoms. The average Bonchev–Trinajstić information content (AvgIpc) is 3.10. The van der Waals surface area contributed by atoms with E-state index in [9.17, 15) is 23.2 Å². The lowest BCUT2D eigenvalue weighted by Gasteiger charge is -2.22. The highest BCUT2D eigenvalue weighted by Gasteiger charge is 2.31. The van der Waals surface area contributed by atoms with Gasteiger partial charge >= 0.3 is 12.1 Å². The highest BCUT2D eigenvalue weighted by molar-refractivity contribution is 5.86. The first-order valence-corrected chi connectivity index (χ1v) is 11.2. The molecule has 9 heteroatoms. The van der Waals surface area contributed by atoms with Gasteiger partial charge < -0.3 is 20.5 Å². The van der Waals surface area contributed by atoms with Crippen molar-refractivity contribution in [3.8, 4) is 11.1 Å². The van der Waals surface area contributed by atoms with E-state index in [1.807, 2.05) is 55.5 Å². The number of nitrogens with one attached hydrogen (secondary N) is 2. The Morgan fingerprint density at radius 1 is 1.00 bits per heavy atom. The maximum Gasteiger partial charge on any atom is 0.407 e. The van der Waals surface area contributed by atoms with Gasteiger partial charge in [-0.1, -0.05) is 61.9 Å². The summed E-state index contributed by atoms with van der Waals surface area (Å²) in [6.45, 7) is 1.78. The Bertz CT molecular complexity index is 984. The molecule has 0 fully saturated rings. The number of alkyl carbamates (subject to hydrolysis) is 1. The Hall–Kier alpha value is -3.49. The smallest absolute Gasteiger partial charge is 0.407 e. The first-order chi connectivity index (χ1) is 16.3. The fraction of sp³-hybridized carbons (Fsp3) is 0.400. The highest BCUT2D eigenvalue weighted by atomic mass is 19.3. The summed E-state index contributed by atoms with van der Waals surface area (Å²) >= 11 is 0. The van der Waals surface area contributed by atoms with E-state index in [0.717, 1.165) is 22.3 Å². The van der Waals surface area contributed by atoms with Crippen molar-refractivity contribution >= 4 is 18.0 Å². The number of carbonyl (C=O) groups is 3. The van der Waals surface area contributed by atoms with Crippen LogP contribution in [0, 0.1) is 0 Å². The fourth-order valence-electron chi connectivity index (χ4n) is 4.28. The molecule has 182 valence electrons. The first-order valence-electron chi connectivity index (χ1n) is 11.2. The number of halogens is 2. The number of rotatable bonds is 11. The van der Waals surface area contributed by atoms with Gasteiger partial charge in [-0.3, -0.25) is 9.59 Å². The lowest BCUT2D eigenvalue weighted by Crippen LogP contribution is -2.51. The van der Waals surface area contributed by atoms with Gasteiger partial charge in [0.1, 0.15) is 12.6 Å². The molecule has 0 aromatic heterocycles. The van der Waals surface area contributed by atoms with Gasteiger partial charge in [0.15, 0.2) is 0 Å². The summed E-state index contributed by atoms with van der Waals surface area (Å²) in [6.07, 6.45) is -4.14. The minimum atomic E-state index is -2.85. The second-order valence-corrected chi connectivity index (χ2v) is 8.24. The number of alkyl halides is 2. The van der Waals surface area contributed by atoms with Crippen LogP contribution >= 0.6 is 0 Å². The molecular weight excluding hydrogens is 446 g/mol. The predicted molar refractivity (Wildman–Crippen MR) is 122 cm³/mol. The SMILES string of the molecule is CCCC(CC(=O)O)NC(=O)C(CC(F)F)NC(=O)OCC1c2ccccc2-c2ccccc21. The lowest BCUT2D eigenvalue weighted by molar-refractivity contribution is -0.137. The van der Waals surface area contributed by atoms with Crippen LogP contribution in [0.15, 0.2) is 48.5 Å². The Morgan fingerprint density at radius 3 is 2.12 bits per heavy atom. The molecule has 3 rings (SSSR count). The zero-order valence-corrected chi connectivity index (χ0v) is 18.8. The van der Waals surface area contributed by atoms with Crippen LogP contribution in [0.2, 0.25) is 0 Å². The van der Waals surface area contributed by atoms with E-state index in [-0.39, 0.29) is 18.9 Å². The third-order valence-corrected chi connectivity index (χ3v) is 5.77. The summed E-state index contributed by atoms with van der Waals surface area (Å²) in [5, 5.41) is 13.7. The summed E-state index contributed by atoms with van der Waals surface area (Å²) in [7, 11) is 0. The number of aliphatic carboxylic acids is 1. The highest BCUT2D eigenvalue weighted by Crippen LogP contribution is 2.44. The zero-order valence-electron chi connectivity index (χ0n) is 18.8. The number of hydrogen-bond acceptors (Lipinski definition) is 4. The van der Waals surface area contributed by atoms with Crippen LogP contribution < -0.4 is 10.6 Å². The Morgan fingerprint density at radius 2 is 1.59 bits per heavy atom. The van der Waals surface area contributed by atoms with E-state index in [1.54, 1.807) is 0 Å². The van der Waals surface area contributed by atoms with Gasteiger partial charge in [-0.25, -0.2) is 13.6 Å². The molecule has 0 radical (unpaired) electrons. The van der Waals surface area contributed by atoms with E-state index in [2.05, 4.69) is 10.6 Å². The van der Waals surface area contributed by atoms with Crippen molar-refractivity contribution in [1.82, 2.24) is 10.6 Å². The molecule has 0 aliphatic heterocycles. The molecule has 7 nitrogen and oxygen atoms in total. The fourth-order valence-corrected chi connectivity index (χ4v) is 4.28. The van der Waals surface area contributed by atoms with E-state index < -0.39 is 42.9 Å². The molecule has 0 saturated heterocycles. The molecule has 1 aliphatic carbocycles. The molecule has 34 heavy (non-hydrogen) atoms. The van der Waals surface area contributed by atoms with E-state index in [4.69, 9.17) is 9.84 Å². The summed E-state index contributed by atoms with van der Waals surface area (Å²) in [5.74, 6) is -2.20. The molecule has 2 atom stereocenters. The Balaban J connectivity index is 1.65. The zero-order chi connectivity index (χ0) is 24.7. The Kier molecular flexibility index (Phi) is 8.56. The number of ether oxygens (including phenoxy) is 1. The van der Waals surface area contributed by atoms with Gasteiger partial charge in [-0.05, 0) is 28.7 Å². The number of hydrogen-bond donors (Lipinski definition) is 3. The van der Waals surface area contributed by atoms with Crippen molar-refractivity contribution in [3.05, 3.63) is 59.7 Å². The van der Waals surface area contributed by atoms with Gasteiger partial charge in [-0.15, -0.1) is 0 Å². The van der Waals surface area contributed by atoms with Crippen LogP contribution in [0.1, 0.15) is 49.7 Å². The van der Waals surface area contributed by atoms with Gasteiger partial charge in [0, 0.05) is 18.4 Å². The van der Waals surface area contributed by atoms with Crippen LogP contribution in [0.4, 0.5) is 13.6 Å². The molecule has 2 aromatic rings. The van der Waals surface area contributed by atoms with Crippen molar-refractivity contribution in [2.75, 3.05) is 6.61 Å². The van der Waals surface area contributed by atoms with Crippen molar-refractivity contribution in [2.24, 2.45) is 0 Å². The van der Waals surface area contributed by atoms with E-state index >= 15 is 0 Å². The van der Waals surface area contributed by atoms with Gasteiger partial charge in [0.05, 0.1) is 6.42 Å². The van der Waals surface area contributed by atoms with Crippen molar-refractivity contribution < 1.29 is 33.0 Å². The molecule has 3 N–H and O–H groups in total. The van der Waals surface area contributed by atoms with Crippen LogP contribution in [0.3, 0.4) is 0 Å². The monoisotopic (exact) mass is 474 g/mol. The second kappa shape index (κ2) is 11.6. The minimum Gasteiger partial charge on any atom is -0.481 e. The standard InChI is InChI=1S/C25H28F2N2O5/c1-2-7-15(12-23(30)31)28-24(32)21(13-22(26)27)29-25(33)34-14-20-18-10-5-3-8-16(18)17-9-4-6-11-19(17)20/h3-6,8-11,15,20-22H,2,7,12-14H2,1H3,(H,28,32)(H,29,33)(H,30,31). The number of carboxylic acids is 1. The van der Waals surface area contributed by atoms with Crippen LogP contribution in [-0.4, -0.2) is 48.2 Å². The lowest BCUT2D eigenvalue weighted by atomic mass is 9.98. The third-order valence-electron chi connectivity index (χ3n) is 5.77. The molecular formula is C25H28F2N2O5. The Labute approximate surface area is 196 Å². The van der Waals surface area contributed by atoms with Crippen LogP contribution in [-0.2, 0) is 14.3 Å². The van der Waals surface area contributed by atoms with Crippen molar-refractivity contribution in [1.29, 1.82) is 0 Å². The third kappa shape index (κ3) is 6.30. The molecule has 0 heterocycles. The topological polar surface area (TPSA) is 105 Å². The molecule has 2 aromatic carbocycles. The molecule has 1 aliphatic rings. The molecule has 2 unspecified atom stereocenters. The average molecular weight is 475 g/mol. The van der Waals surface area contributed by atoms with Crippen molar-refractivity contribution in [3.63, 3.8) is 0 Å². The van der Waals surface area contributed by atoms with Crippen LogP contribution in [0.5, 0.6) is 0 Å². The summed E-state index contributed by atoms with van der Waals surface area (Å²) in [4.78, 5) is 36.0. The summed E-state index contributed by atoms with van der Waals surface area (Å²) in [5.41, 5.74) is 4.08. The van der Waals surface area contributed by atoms with E-state index in [0.29, 0.717) is 12.8 Å². The second-order valence-electron chi connectivity index (χ2n) is 8.24. The summed E-state index contributed by atoms with van der Waals surface area (Å²) in [6, 6.07) is 13.2. The number of carbonyl (C=O) groups excluding carboxylic acids is 2.